The number of carbonyl (C=O) groups excluding carboxylic acids is 1. The third-order valence-corrected chi connectivity index (χ3v) is 2.13. The summed E-state index contributed by atoms with van der Waals surface area (Å²) in [7, 11) is 0. The Morgan fingerprint density at radius 2 is 1.75 bits per heavy atom. The number of hydrogen-bond acceptors (Lipinski definition) is 3. The molecular formula is C12H26N2O2. The van der Waals surface area contributed by atoms with E-state index in [9.17, 15) is 9.90 Å². The predicted molar refractivity (Wildman–Crippen MR) is 66.2 cm³/mol. The molecule has 0 aliphatic heterocycles. The second-order valence-electron chi connectivity index (χ2n) is 5.84. The third kappa shape index (κ3) is 6.80. The molecule has 0 heterocycles. The van der Waals surface area contributed by atoms with Crippen molar-refractivity contribution in [3.63, 3.8) is 0 Å². The highest BCUT2D eigenvalue weighted by Crippen LogP contribution is 2.11. The summed E-state index contributed by atoms with van der Waals surface area (Å²) in [5.74, 6) is -0.316. The first-order valence-electron chi connectivity index (χ1n) is 5.85. The number of carbonyl (C=O) groups is 1. The summed E-state index contributed by atoms with van der Waals surface area (Å²) in [4.78, 5) is 11.5. The van der Waals surface area contributed by atoms with E-state index in [1.807, 2.05) is 20.8 Å². The van der Waals surface area contributed by atoms with Gasteiger partial charge in [0, 0.05) is 18.6 Å². The number of hydrogen-bond donors (Lipinski definition) is 3. The van der Waals surface area contributed by atoms with E-state index in [4.69, 9.17) is 0 Å². The average Bonchev–Trinajstić information content (AvgIpc) is 2.10. The lowest BCUT2D eigenvalue weighted by molar-refractivity contribution is -0.131. The van der Waals surface area contributed by atoms with Crippen LogP contribution in [0.3, 0.4) is 0 Å². The van der Waals surface area contributed by atoms with E-state index < -0.39 is 6.10 Å². The molecule has 0 bridgehead atoms. The van der Waals surface area contributed by atoms with Gasteiger partial charge in [-0.3, -0.25) is 4.79 Å². The van der Waals surface area contributed by atoms with Crippen LogP contribution in [0.1, 0.15) is 41.5 Å². The zero-order valence-corrected chi connectivity index (χ0v) is 11.3. The van der Waals surface area contributed by atoms with Gasteiger partial charge in [0.25, 0.3) is 5.91 Å². The monoisotopic (exact) mass is 230 g/mol. The molecule has 0 aromatic rings. The van der Waals surface area contributed by atoms with Gasteiger partial charge >= 0.3 is 0 Å². The standard InChI is InChI=1S/C12H26N2O2/c1-8(2)14-11(16)10(15)9(3)13-7-12(4,5)6/h8-10,13,15H,7H2,1-6H3,(H,14,16). The number of amides is 1. The van der Waals surface area contributed by atoms with Crippen LogP contribution in [0.2, 0.25) is 0 Å². The topological polar surface area (TPSA) is 61.4 Å². The molecule has 0 saturated carbocycles. The molecule has 0 spiro atoms. The molecule has 0 aromatic carbocycles. The van der Waals surface area contributed by atoms with E-state index >= 15 is 0 Å². The Kier molecular flexibility index (Phi) is 5.97. The minimum absolute atomic E-state index is 0.0527. The fraction of sp³-hybridized carbons (Fsp3) is 0.917. The molecule has 0 fully saturated rings. The van der Waals surface area contributed by atoms with Crippen LogP contribution in [0, 0.1) is 5.41 Å². The van der Waals surface area contributed by atoms with Crippen molar-refractivity contribution in [3.05, 3.63) is 0 Å². The van der Waals surface area contributed by atoms with Gasteiger partial charge in [-0.2, -0.15) is 0 Å². The Hall–Kier alpha value is -0.610. The maximum atomic E-state index is 11.5. The first kappa shape index (κ1) is 15.4. The molecule has 4 heteroatoms. The van der Waals surface area contributed by atoms with Gasteiger partial charge in [-0.25, -0.2) is 0 Å². The molecule has 4 nitrogen and oxygen atoms in total. The number of rotatable bonds is 5. The Bertz CT molecular complexity index is 222. The second kappa shape index (κ2) is 6.21. The van der Waals surface area contributed by atoms with E-state index in [0.717, 1.165) is 6.54 Å². The molecule has 0 rings (SSSR count). The summed E-state index contributed by atoms with van der Waals surface area (Å²) >= 11 is 0. The molecule has 2 unspecified atom stereocenters. The lowest BCUT2D eigenvalue weighted by Crippen LogP contribution is -2.50. The highest BCUT2D eigenvalue weighted by atomic mass is 16.3. The summed E-state index contributed by atoms with van der Waals surface area (Å²) in [5.41, 5.74) is 0.141. The number of aliphatic hydroxyl groups is 1. The van der Waals surface area contributed by atoms with Crippen molar-refractivity contribution >= 4 is 5.91 Å². The van der Waals surface area contributed by atoms with Crippen molar-refractivity contribution in [1.29, 1.82) is 0 Å². The highest BCUT2D eigenvalue weighted by Gasteiger charge is 2.23. The molecular weight excluding hydrogens is 204 g/mol. The van der Waals surface area contributed by atoms with E-state index in [2.05, 4.69) is 31.4 Å². The molecule has 16 heavy (non-hydrogen) atoms. The van der Waals surface area contributed by atoms with Gasteiger partial charge in [0.15, 0.2) is 0 Å². The summed E-state index contributed by atoms with van der Waals surface area (Å²) in [5, 5.41) is 15.6. The van der Waals surface area contributed by atoms with E-state index in [-0.39, 0.29) is 23.4 Å². The molecule has 96 valence electrons. The fourth-order valence-corrected chi connectivity index (χ4v) is 1.18. The summed E-state index contributed by atoms with van der Waals surface area (Å²) < 4.78 is 0. The van der Waals surface area contributed by atoms with Gasteiger partial charge in [0.1, 0.15) is 6.10 Å². The van der Waals surface area contributed by atoms with Crippen LogP contribution in [0.25, 0.3) is 0 Å². The second-order valence-corrected chi connectivity index (χ2v) is 5.84. The molecule has 3 N–H and O–H groups in total. The molecule has 0 aliphatic carbocycles. The van der Waals surface area contributed by atoms with Crippen LogP contribution in [0.5, 0.6) is 0 Å². The first-order chi connectivity index (χ1) is 7.13. The van der Waals surface area contributed by atoms with Crippen LogP contribution in [-0.2, 0) is 4.79 Å². The molecule has 0 aliphatic rings. The van der Waals surface area contributed by atoms with Crippen molar-refractivity contribution in [3.8, 4) is 0 Å². The van der Waals surface area contributed by atoms with Gasteiger partial charge in [-0.05, 0) is 26.2 Å². The Morgan fingerprint density at radius 1 is 1.25 bits per heavy atom. The van der Waals surface area contributed by atoms with Crippen molar-refractivity contribution in [2.45, 2.75) is 59.7 Å². The lowest BCUT2D eigenvalue weighted by Gasteiger charge is -2.25. The zero-order chi connectivity index (χ0) is 12.9. The predicted octanol–water partition coefficient (Wildman–Crippen LogP) is 0.896. The summed E-state index contributed by atoms with van der Waals surface area (Å²) in [6.45, 7) is 12.6. The molecule has 0 radical (unpaired) electrons. The maximum absolute atomic E-state index is 11.5. The SMILES string of the molecule is CC(C)NC(=O)C(O)C(C)NCC(C)(C)C. The molecule has 1 amide bonds. The van der Waals surface area contributed by atoms with Gasteiger partial charge in [0.2, 0.25) is 0 Å². The minimum Gasteiger partial charge on any atom is -0.382 e. The fourth-order valence-electron chi connectivity index (χ4n) is 1.18. The quantitative estimate of drug-likeness (QED) is 0.657. The van der Waals surface area contributed by atoms with Gasteiger partial charge < -0.3 is 15.7 Å². The number of nitrogens with one attached hydrogen (secondary N) is 2. The Labute approximate surface area is 98.8 Å². The Balaban J connectivity index is 4.08. The normalized spacial score (nSPS) is 16.0. The van der Waals surface area contributed by atoms with Crippen LogP contribution >= 0.6 is 0 Å². The smallest absolute Gasteiger partial charge is 0.250 e. The maximum Gasteiger partial charge on any atom is 0.250 e. The largest absolute Gasteiger partial charge is 0.382 e. The Morgan fingerprint density at radius 3 is 2.12 bits per heavy atom. The van der Waals surface area contributed by atoms with Crippen LogP contribution < -0.4 is 10.6 Å². The van der Waals surface area contributed by atoms with Crippen molar-refractivity contribution < 1.29 is 9.90 Å². The van der Waals surface area contributed by atoms with E-state index in [1.54, 1.807) is 0 Å². The van der Waals surface area contributed by atoms with Crippen molar-refractivity contribution in [2.75, 3.05) is 6.54 Å². The zero-order valence-electron chi connectivity index (χ0n) is 11.3. The highest BCUT2D eigenvalue weighted by molar-refractivity contribution is 5.81. The van der Waals surface area contributed by atoms with Crippen molar-refractivity contribution in [1.82, 2.24) is 10.6 Å². The molecule has 0 saturated heterocycles. The molecule has 0 aromatic heterocycles. The van der Waals surface area contributed by atoms with Gasteiger partial charge in [-0.1, -0.05) is 20.8 Å². The molecule has 2 atom stereocenters. The van der Waals surface area contributed by atoms with Gasteiger partial charge in [-0.15, -0.1) is 0 Å². The van der Waals surface area contributed by atoms with Crippen LogP contribution in [-0.4, -0.2) is 35.7 Å². The average molecular weight is 230 g/mol. The lowest BCUT2D eigenvalue weighted by atomic mass is 9.96. The van der Waals surface area contributed by atoms with Crippen LogP contribution in [0.4, 0.5) is 0 Å². The van der Waals surface area contributed by atoms with E-state index in [1.165, 1.54) is 0 Å². The van der Waals surface area contributed by atoms with Crippen molar-refractivity contribution in [2.24, 2.45) is 5.41 Å². The minimum atomic E-state index is -0.996. The van der Waals surface area contributed by atoms with Gasteiger partial charge in [0.05, 0.1) is 0 Å². The van der Waals surface area contributed by atoms with E-state index in [0.29, 0.717) is 0 Å². The third-order valence-electron chi connectivity index (χ3n) is 2.13. The first-order valence-corrected chi connectivity index (χ1v) is 5.85. The summed E-state index contributed by atoms with van der Waals surface area (Å²) in [6, 6.07) is -0.185. The van der Waals surface area contributed by atoms with Crippen LogP contribution in [0.15, 0.2) is 0 Å². The number of aliphatic hydroxyl groups excluding tert-OH is 1. The summed E-state index contributed by atoms with van der Waals surface area (Å²) in [6.07, 6.45) is -0.996.